The molecular formula is C19H20N2O6S. The second-order valence-electron chi connectivity index (χ2n) is 6.28. The number of rotatable bonds is 7. The molecule has 0 radical (unpaired) electrons. The molecule has 3 rings (SSSR count). The van der Waals surface area contributed by atoms with Gasteiger partial charge in [-0.25, -0.2) is 8.42 Å². The fraction of sp³-hybridized carbons (Fsp3) is 0.263. The third kappa shape index (κ3) is 4.49. The van der Waals surface area contributed by atoms with E-state index in [0.717, 1.165) is 9.87 Å². The molecular weight excluding hydrogens is 384 g/mol. The molecule has 0 saturated heterocycles. The SMILES string of the molecule is CC1=CN(S(=O)(=O)c2ccccc2[N+](=O)[O-])CC(COCc2ccccc2)O1. The number of benzene rings is 2. The molecule has 2 aromatic rings. The van der Waals surface area contributed by atoms with Crippen molar-refractivity contribution in [2.75, 3.05) is 13.2 Å². The normalized spacial score (nSPS) is 17.0. The molecule has 0 aliphatic carbocycles. The summed E-state index contributed by atoms with van der Waals surface area (Å²) in [5, 5.41) is 11.2. The van der Waals surface area contributed by atoms with E-state index in [1.807, 2.05) is 30.3 Å². The van der Waals surface area contributed by atoms with Crippen molar-refractivity contribution >= 4 is 15.7 Å². The predicted octanol–water partition coefficient (Wildman–Crippen LogP) is 3.06. The minimum atomic E-state index is -4.10. The first-order chi connectivity index (χ1) is 13.4. The average molecular weight is 404 g/mol. The van der Waals surface area contributed by atoms with Crippen LogP contribution in [0.1, 0.15) is 12.5 Å². The van der Waals surface area contributed by atoms with Crippen LogP contribution >= 0.6 is 0 Å². The monoisotopic (exact) mass is 404 g/mol. The molecule has 148 valence electrons. The lowest BCUT2D eigenvalue weighted by Gasteiger charge is -2.31. The fourth-order valence-corrected chi connectivity index (χ4v) is 4.44. The number of allylic oxidation sites excluding steroid dienone is 1. The van der Waals surface area contributed by atoms with Crippen LogP contribution in [0.5, 0.6) is 0 Å². The van der Waals surface area contributed by atoms with Crippen LogP contribution in [0.25, 0.3) is 0 Å². The van der Waals surface area contributed by atoms with Gasteiger partial charge in [0.1, 0.15) is 11.9 Å². The van der Waals surface area contributed by atoms with Crippen molar-refractivity contribution in [2.24, 2.45) is 0 Å². The van der Waals surface area contributed by atoms with Crippen LogP contribution in [0.15, 0.2) is 71.5 Å². The Morgan fingerprint density at radius 1 is 1.18 bits per heavy atom. The maximum absolute atomic E-state index is 13.0. The van der Waals surface area contributed by atoms with Gasteiger partial charge in [-0.05, 0) is 18.6 Å². The predicted molar refractivity (Wildman–Crippen MR) is 102 cm³/mol. The highest BCUT2D eigenvalue weighted by molar-refractivity contribution is 7.89. The lowest BCUT2D eigenvalue weighted by molar-refractivity contribution is -0.387. The van der Waals surface area contributed by atoms with Gasteiger partial charge < -0.3 is 9.47 Å². The van der Waals surface area contributed by atoms with Gasteiger partial charge in [0.05, 0.1) is 30.9 Å². The largest absolute Gasteiger partial charge is 0.489 e. The molecule has 9 heteroatoms. The lowest BCUT2D eigenvalue weighted by atomic mass is 10.2. The van der Waals surface area contributed by atoms with Crippen molar-refractivity contribution < 1.29 is 22.8 Å². The summed E-state index contributed by atoms with van der Waals surface area (Å²) in [5.41, 5.74) is 0.534. The number of nitro benzene ring substituents is 1. The Bertz CT molecular complexity index is 975. The summed E-state index contributed by atoms with van der Waals surface area (Å²) >= 11 is 0. The molecule has 1 unspecified atom stereocenters. The molecule has 0 saturated carbocycles. The molecule has 1 aliphatic heterocycles. The van der Waals surface area contributed by atoms with E-state index in [1.165, 1.54) is 30.5 Å². The molecule has 0 fully saturated rings. The van der Waals surface area contributed by atoms with Crippen molar-refractivity contribution in [2.45, 2.75) is 24.5 Å². The first-order valence-corrected chi connectivity index (χ1v) is 10.0. The number of para-hydroxylation sites is 1. The zero-order valence-corrected chi connectivity index (χ0v) is 16.0. The summed E-state index contributed by atoms with van der Waals surface area (Å²) in [7, 11) is -4.10. The number of nitro groups is 1. The summed E-state index contributed by atoms with van der Waals surface area (Å²) in [6.45, 7) is 2.19. The molecule has 0 amide bonds. The molecule has 28 heavy (non-hydrogen) atoms. The summed E-state index contributed by atoms with van der Waals surface area (Å²) in [5.74, 6) is 0.390. The minimum absolute atomic E-state index is 0.000508. The summed E-state index contributed by atoms with van der Waals surface area (Å²) < 4.78 is 38.3. The summed E-state index contributed by atoms with van der Waals surface area (Å²) in [6.07, 6.45) is 0.811. The van der Waals surface area contributed by atoms with Crippen molar-refractivity contribution in [3.8, 4) is 0 Å². The molecule has 2 aromatic carbocycles. The minimum Gasteiger partial charge on any atom is -0.489 e. The first kappa shape index (κ1) is 19.8. The molecule has 0 bridgehead atoms. The molecule has 0 N–H and O–H groups in total. The topological polar surface area (TPSA) is 99.0 Å². The van der Waals surface area contributed by atoms with E-state index in [2.05, 4.69) is 0 Å². The second kappa shape index (κ2) is 8.41. The van der Waals surface area contributed by atoms with Gasteiger partial charge in [-0.1, -0.05) is 42.5 Å². The molecule has 8 nitrogen and oxygen atoms in total. The van der Waals surface area contributed by atoms with E-state index in [4.69, 9.17) is 9.47 Å². The standard InChI is InChI=1S/C19H20N2O6S/c1-15-11-20(28(24,25)19-10-6-5-9-18(19)21(22)23)12-17(27-15)14-26-13-16-7-3-2-4-8-16/h2-11,17H,12-14H2,1H3. The molecule has 0 aromatic heterocycles. The fourth-order valence-electron chi connectivity index (χ4n) is 2.88. The number of hydrogen-bond acceptors (Lipinski definition) is 6. The Hall–Kier alpha value is -2.91. The number of nitrogens with zero attached hydrogens (tertiary/aromatic N) is 2. The van der Waals surface area contributed by atoms with Gasteiger partial charge in [0.15, 0.2) is 4.90 Å². The van der Waals surface area contributed by atoms with Crippen LogP contribution in [-0.2, 0) is 26.1 Å². The summed E-state index contributed by atoms with van der Waals surface area (Å²) in [6, 6.07) is 14.9. The highest BCUT2D eigenvalue weighted by atomic mass is 32.2. The van der Waals surface area contributed by atoms with Gasteiger partial charge in [0.2, 0.25) is 0 Å². The van der Waals surface area contributed by atoms with Crippen molar-refractivity contribution in [3.63, 3.8) is 0 Å². The van der Waals surface area contributed by atoms with Crippen LogP contribution < -0.4 is 0 Å². The maximum Gasteiger partial charge on any atom is 0.289 e. The number of ether oxygens (including phenoxy) is 2. The van der Waals surface area contributed by atoms with Crippen LogP contribution in [0.3, 0.4) is 0 Å². The van der Waals surface area contributed by atoms with Gasteiger partial charge in [0, 0.05) is 6.07 Å². The molecule has 1 aliphatic rings. The number of sulfonamides is 1. The van der Waals surface area contributed by atoms with Crippen molar-refractivity contribution in [3.05, 3.63) is 82.2 Å². The van der Waals surface area contributed by atoms with E-state index in [1.54, 1.807) is 6.92 Å². The maximum atomic E-state index is 13.0. The third-order valence-electron chi connectivity index (χ3n) is 4.13. The summed E-state index contributed by atoms with van der Waals surface area (Å²) in [4.78, 5) is 10.2. The zero-order valence-electron chi connectivity index (χ0n) is 15.2. The smallest absolute Gasteiger partial charge is 0.289 e. The average Bonchev–Trinajstić information content (AvgIpc) is 2.68. The van der Waals surface area contributed by atoms with Gasteiger partial charge in [-0.15, -0.1) is 0 Å². The quantitative estimate of drug-likeness (QED) is 0.519. The first-order valence-electron chi connectivity index (χ1n) is 8.60. The van der Waals surface area contributed by atoms with E-state index in [0.29, 0.717) is 12.4 Å². The molecule has 1 heterocycles. The van der Waals surface area contributed by atoms with E-state index in [-0.39, 0.29) is 18.0 Å². The van der Waals surface area contributed by atoms with E-state index in [9.17, 15) is 18.5 Å². The van der Waals surface area contributed by atoms with Gasteiger partial charge in [-0.2, -0.15) is 0 Å². The van der Waals surface area contributed by atoms with Crippen LogP contribution in [0, 0.1) is 10.1 Å². The van der Waals surface area contributed by atoms with Gasteiger partial charge in [-0.3, -0.25) is 14.4 Å². The highest BCUT2D eigenvalue weighted by Crippen LogP contribution is 2.28. The Morgan fingerprint density at radius 2 is 1.86 bits per heavy atom. The van der Waals surface area contributed by atoms with Crippen LogP contribution in [0.4, 0.5) is 5.69 Å². The Balaban J connectivity index is 1.73. The second-order valence-corrected chi connectivity index (χ2v) is 8.14. The Kier molecular flexibility index (Phi) is 5.96. The van der Waals surface area contributed by atoms with E-state index >= 15 is 0 Å². The third-order valence-corrected chi connectivity index (χ3v) is 5.90. The van der Waals surface area contributed by atoms with Gasteiger partial charge in [0.25, 0.3) is 15.7 Å². The van der Waals surface area contributed by atoms with Gasteiger partial charge >= 0.3 is 0 Å². The number of hydrogen-bond donors (Lipinski definition) is 0. The van der Waals surface area contributed by atoms with Crippen molar-refractivity contribution in [1.82, 2.24) is 4.31 Å². The Labute approximate surface area is 163 Å². The highest BCUT2D eigenvalue weighted by Gasteiger charge is 2.34. The molecule has 1 atom stereocenters. The lowest BCUT2D eigenvalue weighted by Crippen LogP contribution is -2.40. The Morgan fingerprint density at radius 3 is 2.57 bits per heavy atom. The van der Waals surface area contributed by atoms with Crippen LogP contribution in [-0.4, -0.2) is 36.9 Å². The van der Waals surface area contributed by atoms with Crippen molar-refractivity contribution in [1.29, 1.82) is 0 Å². The zero-order chi connectivity index (χ0) is 20.1. The van der Waals surface area contributed by atoms with E-state index < -0.39 is 26.7 Å². The molecule has 0 spiro atoms. The van der Waals surface area contributed by atoms with Crippen LogP contribution in [0.2, 0.25) is 0 Å².